The van der Waals surface area contributed by atoms with Crippen LogP contribution in [0.1, 0.15) is 33.6 Å². The molecule has 1 N–H and O–H groups in total. The molecule has 0 aliphatic heterocycles. The summed E-state index contributed by atoms with van der Waals surface area (Å²) in [6, 6.07) is 5.19. The summed E-state index contributed by atoms with van der Waals surface area (Å²) < 4.78 is 5.98. The first kappa shape index (κ1) is 17.3. The number of carbonyl (C=O) groups excluding carboxylic acids is 1. The number of carbonyl (C=O) groups is 1. The van der Waals surface area contributed by atoms with E-state index in [2.05, 4.69) is 35.1 Å². The predicted molar refractivity (Wildman–Crippen MR) is 87.3 cm³/mol. The molecule has 0 bridgehead atoms. The van der Waals surface area contributed by atoms with Gasteiger partial charge in [0, 0.05) is 10.2 Å². The first-order chi connectivity index (χ1) is 9.53. The Morgan fingerprint density at radius 1 is 1.35 bits per heavy atom. The first-order valence-corrected chi connectivity index (χ1v) is 8.08. The largest absolute Gasteiger partial charge is 0.464 e. The Bertz CT molecular complexity index is 449. The fourth-order valence-corrected chi connectivity index (χ4v) is 2.62. The zero-order valence-electron chi connectivity index (χ0n) is 12.1. The van der Waals surface area contributed by atoms with Crippen LogP contribution < -0.4 is 5.32 Å². The van der Waals surface area contributed by atoms with Gasteiger partial charge in [-0.05, 0) is 47.0 Å². The Labute approximate surface area is 134 Å². The van der Waals surface area contributed by atoms with Gasteiger partial charge in [0.05, 0.1) is 11.6 Å². The van der Waals surface area contributed by atoms with Crippen LogP contribution in [0.4, 0.5) is 5.69 Å². The lowest BCUT2D eigenvalue weighted by Crippen LogP contribution is -2.38. The summed E-state index contributed by atoms with van der Waals surface area (Å²) in [7, 11) is 0. The topological polar surface area (TPSA) is 38.3 Å². The fourth-order valence-electron chi connectivity index (χ4n) is 2.13. The van der Waals surface area contributed by atoms with Crippen molar-refractivity contribution < 1.29 is 9.53 Å². The summed E-state index contributed by atoms with van der Waals surface area (Å²) in [5.74, 6) is 0.0378. The number of rotatable bonds is 7. The predicted octanol–water partition coefficient (Wildman–Crippen LogP) is 4.88. The third-order valence-corrected chi connectivity index (χ3v) is 4.52. The molecule has 0 aliphatic carbocycles. The van der Waals surface area contributed by atoms with Crippen molar-refractivity contribution >= 4 is 39.2 Å². The summed E-state index contributed by atoms with van der Waals surface area (Å²) in [6.07, 6.45) is 1.84. The molecule has 0 heterocycles. The van der Waals surface area contributed by atoms with Crippen molar-refractivity contribution in [2.75, 3.05) is 11.9 Å². The standard InChI is InChI=1S/C15H21BrClNO2/c1-4-10(5-2)14(15(19)20-6-3)18-11-7-8-13(17)12(16)9-11/h7-10,14,18H,4-6H2,1-3H3. The molecule has 0 saturated heterocycles. The van der Waals surface area contributed by atoms with E-state index in [0.717, 1.165) is 23.0 Å². The van der Waals surface area contributed by atoms with Crippen LogP contribution in [0, 0.1) is 5.92 Å². The van der Waals surface area contributed by atoms with Crippen LogP contribution in [0.2, 0.25) is 5.02 Å². The molecule has 1 aromatic rings. The number of ether oxygens (including phenoxy) is 1. The van der Waals surface area contributed by atoms with Gasteiger partial charge in [0.15, 0.2) is 0 Å². The van der Waals surface area contributed by atoms with E-state index in [0.29, 0.717) is 11.6 Å². The highest BCUT2D eigenvalue weighted by molar-refractivity contribution is 9.10. The minimum Gasteiger partial charge on any atom is -0.464 e. The highest BCUT2D eigenvalue weighted by Crippen LogP contribution is 2.27. The van der Waals surface area contributed by atoms with E-state index in [4.69, 9.17) is 16.3 Å². The van der Waals surface area contributed by atoms with Gasteiger partial charge >= 0.3 is 5.97 Å². The van der Waals surface area contributed by atoms with Gasteiger partial charge in [0.25, 0.3) is 0 Å². The molecular weight excluding hydrogens is 342 g/mol. The van der Waals surface area contributed by atoms with Crippen LogP contribution in [0.25, 0.3) is 0 Å². The van der Waals surface area contributed by atoms with E-state index in [1.807, 2.05) is 19.1 Å². The Hall–Kier alpha value is -0.740. The molecule has 0 aromatic heterocycles. The van der Waals surface area contributed by atoms with E-state index < -0.39 is 0 Å². The van der Waals surface area contributed by atoms with Crippen LogP contribution in [0.5, 0.6) is 0 Å². The smallest absolute Gasteiger partial charge is 0.328 e. The van der Waals surface area contributed by atoms with Gasteiger partial charge in [-0.2, -0.15) is 0 Å². The molecule has 0 radical (unpaired) electrons. The average Bonchev–Trinajstić information content (AvgIpc) is 2.43. The second-order valence-corrected chi connectivity index (χ2v) is 5.84. The molecule has 1 aromatic carbocycles. The molecule has 3 nitrogen and oxygen atoms in total. The van der Waals surface area contributed by atoms with Crippen molar-refractivity contribution in [3.05, 3.63) is 27.7 Å². The van der Waals surface area contributed by atoms with Crippen LogP contribution in [-0.2, 0) is 9.53 Å². The van der Waals surface area contributed by atoms with Gasteiger partial charge in [-0.15, -0.1) is 0 Å². The van der Waals surface area contributed by atoms with Crippen molar-refractivity contribution in [2.45, 2.75) is 39.7 Å². The molecular formula is C15H21BrClNO2. The summed E-state index contributed by atoms with van der Waals surface area (Å²) >= 11 is 9.37. The van der Waals surface area contributed by atoms with Gasteiger partial charge in [0.2, 0.25) is 0 Å². The number of anilines is 1. The zero-order chi connectivity index (χ0) is 15.1. The minimum absolute atomic E-state index is 0.202. The maximum absolute atomic E-state index is 12.1. The Balaban J connectivity index is 2.92. The quantitative estimate of drug-likeness (QED) is 0.702. The van der Waals surface area contributed by atoms with Gasteiger partial charge < -0.3 is 10.1 Å². The number of hydrogen-bond acceptors (Lipinski definition) is 3. The van der Waals surface area contributed by atoms with Crippen molar-refractivity contribution in [3.8, 4) is 0 Å². The Morgan fingerprint density at radius 2 is 2.00 bits per heavy atom. The van der Waals surface area contributed by atoms with E-state index in [-0.39, 0.29) is 17.9 Å². The van der Waals surface area contributed by atoms with Crippen molar-refractivity contribution in [2.24, 2.45) is 5.92 Å². The average molecular weight is 363 g/mol. The van der Waals surface area contributed by atoms with E-state index >= 15 is 0 Å². The molecule has 0 aliphatic rings. The number of esters is 1. The molecule has 20 heavy (non-hydrogen) atoms. The number of nitrogens with one attached hydrogen (secondary N) is 1. The van der Waals surface area contributed by atoms with Crippen LogP contribution in [-0.4, -0.2) is 18.6 Å². The van der Waals surface area contributed by atoms with E-state index in [1.54, 1.807) is 6.07 Å². The number of hydrogen-bond donors (Lipinski definition) is 1. The lowest BCUT2D eigenvalue weighted by Gasteiger charge is -2.25. The monoisotopic (exact) mass is 361 g/mol. The van der Waals surface area contributed by atoms with Gasteiger partial charge in [-0.25, -0.2) is 4.79 Å². The highest BCUT2D eigenvalue weighted by Gasteiger charge is 2.27. The Kier molecular flexibility index (Phi) is 7.38. The highest BCUT2D eigenvalue weighted by atomic mass is 79.9. The van der Waals surface area contributed by atoms with Crippen molar-refractivity contribution in [1.29, 1.82) is 0 Å². The minimum atomic E-state index is -0.335. The third kappa shape index (κ3) is 4.67. The molecule has 1 atom stereocenters. The second kappa shape index (κ2) is 8.53. The van der Waals surface area contributed by atoms with Crippen molar-refractivity contribution in [1.82, 2.24) is 0 Å². The molecule has 1 rings (SSSR count). The molecule has 0 amide bonds. The summed E-state index contributed by atoms with van der Waals surface area (Å²) in [5, 5.41) is 3.91. The Morgan fingerprint density at radius 3 is 2.50 bits per heavy atom. The van der Waals surface area contributed by atoms with E-state index in [9.17, 15) is 4.79 Å². The maximum Gasteiger partial charge on any atom is 0.328 e. The molecule has 112 valence electrons. The zero-order valence-corrected chi connectivity index (χ0v) is 14.4. The third-order valence-electron chi connectivity index (χ3n) is 3.30. The van der Waals surface area contributed by atoms with Crippen LogP contribution in [0.15, 0.2) is 22.7 Å². The van der Waals surface area contributed by atoms with E-state index in [1.165, 1.54) is 0 Å². The van der Waals surface area contributed by atoms with Gasteiger partial charge in [0.1, 0.15) is 6.04 Å². The van der Waals surface area contributed by atoms with Gasteiger partial charge in [-0.3, -0.25) is 0 Å². The molecule has 1 unspecified atom stereocenters. The summed E-state index contributed by atoms with van der Waals surface area (Å²) in [5.41, 5.74) is 0.853. The van der Waals surface area contributed by atoms with Crippen molar-refractivity contribution in [3.63, 3.8) is 0 Å². The maximum atomic E-state index is 12.1. The first-order valence-electron chi connectivity index (χ1n) is 6.91. The molecule has 0 saturated carbocycles. The van der Waals surface area contributed by atoms with Crippen LogP contribution in [0.3, 0.4) is 0 Å². The second-order valence-electron chi connectivity index (χ2n) is 4.58. The number of halogens is 2. The fraction of sp³-hybridized carbons (Fsp3) is 0.533. The summed E-state index contributed by atoms with van der Waals surface area (Å²) in [6.45, 7) is 6.38. The summed E-state index contributed by atoms with van der Waals surface area (Å²) in [4.78, 5) is 12.1. The van der Waals surface area contributed by atoms with Crippen LogP contribution >= 0.6 is 27.5 Å². The normalized spacial score (nSPS) is 12.3. The molecule has 0 spiro atoms. The number of benzene rings is 1. The SMILES string of the molecule is CCOC(=O)C(Nc1ccc(Cl)c(Br)c1)C(CC)CC. The molecule has 5 heteroatoms. The lowest BCUT2D eigenvalue weighted by atomic mass is 9.94. The van der Waals surface area contributed by atoms with Gasteiger partial charge in [-0.1, -0.05) is 38.3 Å². The molecule has 0 fully saturated rings. The lowest BCUT2D eigenvalue weighted by molar-refractivity contribution is -0.145.